The lowest BCUT2D eigenvalue weighted by Crippen LogP contribution is -2.48. The van der Waals surface area contributed by atoms with Gasteiger partial charge < -0.3 is 19.9 Å². The topological polar surface area (TPSA) is 108 Å². The van der Waals surface area contributed by atoms with Crippen molar-refractivity contribution in [1.82, 2.24) is 20.2 Å². The fourth-order valence-electron chi connectivity index (χ4n) is 3.85. The smallest absolute Gasteiger partial charge is 0.414 e. The molecular formula is C22H25FN6O4. The second-order valence-corrected chi connectivity index (χ2v) is 7.98. The molecule has 2 aliphatic heterocycles. The zero-order valence-corrected chi connectivity index (χ0v) is 18.5. The number of ether oxygens (including phenoxy) is 1. The molecule has 2 aliphatic rings. The number of cyclic esters (lactones) is 1. The molecule has 0 aliphatic carbocycles. The quantitative estimate of drug-likeness (QED) is 0.725. The number of rotatable bonds is 5. The van der Waals surface area contributed by atoms with Crippen molar-refractivity contribution >= 4 is 29.5 Å². The summed E-state index contributed by atoms with van der Waals surface area (Å²) in [5.41, 5.74) is 1.19. The maximum Gasteiger partial charge on any atom is 0.414 e. The predicted octanol–water partition coefficient (Wildman–Crippen LogP) is 1.41. The van der Waals surface area contributed by atoms with Gasteiger partial charge in [-0.15, -0.1) is 0 Å². The summed E-state index contributed by atoms with van der Waals surface area (Å²) < 4.78 is 20.1. The normalized spacial score (nSPS) is 18.3. The third-order valence-corrected chi connectivity index (χ3v) is 5.67. The van der Waals surface area contributed by atoms with Crippen LogP contribution in [-0.2, 0) is 14.3 Å². The molecule has 2 saturated heterocycles. The minimum Gasteiger partial charge on any atom is -0.442 e. The van der Waals surface area contributed by atoms with Crippen LogP contribution in [0.2, 0.25) is 0 Å². The second kappa shape index (κ2) is 9.39. The summed E-state index contributed by atoms with van der Waals surface area (Å²) >= 11 is 0. The molecule has 3 heterocycles. The Morgan fingerprint density at radius 3 is 2.45 bits per heavy atom. The maximum absolute atomic E-state index is 14.9. The highest BCUT2D eigenvalue weighted by molar-refractivity contribution is 5.90. The zero-order valence-electron chi connectivity index (χ0n) is 18.5. The number of hydrogen-bond acceptors (Lipinski definition) is 7. The fourth-order valence-corrected chi connectivity index (χ4v) is 3.85. The van der Waals surface area contributed by atoms with Gasteiger partial charge in [0.25, 0.3) is 0 Å². The molecule has 0 saturated carbocycles. The average molecular weight is 456 g/mol. The molecule has 3 amide bonds. The number of piperazine rings is 1. The lowest BCUT2D eigenvalue weighted by Gasteiger charge is -2.34. The SMILES string of the molecule is CC(=O)NC[C@H]1CN(c2ccc(-c3cnc(N4CCN(C(C)=O)CC4)nc3)c(F)c2)C(=O)O1. The molecule has 33 heavy (non-hydrogen) atoms. The molecule has 11 heteroatoms. The zero-order chi connectivity index (χ0) is 23.5. The van der Waals surface area contributed by atoms with Crippen molar-refractivity contribution < 1.29 is 23.5 Å². The van der Waals surface area contributed by atoms with E-state index >= 15 is 0 Å². The highest BCUT2D eigenvalue weighted by Gasteiger charge is 2.32. The number of aromatic nitrogens is 2. The largest absolute Gasteiger partial charge is 0.442 e. The van der Waals surface area contributed by atoms with Crippen LogP contribution in [0.1, 0.15) is 13.8 Å². The number of carbonyl (C=O) groups excluding carboxylic acids is 3. The summed E-state index contributed by atoms with van der Waals surface area (Å²) in [7, 11) is 0. The fraction of sp³-hybridized carbons (Fsp3) is 0.409. The summed E-state index contributed by atoms with van der Waals surface area (Å²) in [6.45, 7) is 5.85. The van der Waals surface area contributed by atoms with Gasteiger partial charge in [0, 0.05) is 63.5 Å². The summed E-state index contributed by atoms with van der Waals surface area (Å²) in [4.78, 5) is 48.5. The van der Waals surface area contributed by atoms with Crippen LogP contribution in [-0.4, -0.2) is 78.1 Å². The lowest BCUT2D eigenvalue weighted by molar-refractivity contribution is -0.129. The number of hydrogen-bond donors (Lipinski definition) is 1. The van der Waals surface area contributed by atoms with Crippen molar-refractivity contribution in [1.29, 1.82) is 0 Å². The van der Waals surface area contributed by atoms with Crippen LogP contribution in [0.15, 0.2) is 30.6 Å². The standard InChI is InChI=1S/C22H25FN6O4/c1-14(30)24-12-18-13-29(22(32)33-18)17-3-4-19(20(23)9-17)16-10-25-21(26-11-16)28-7-5-27(6-8-28)15(2)31/h3-4,9-11,18H,5-8,12-13H2,1-2H3,(H,24,30)/t18-/m0/s1. The second-order valence-electron chi connectivity index (χ2n) is 7.98. The summed E-state index contributed by atoms with van der Waals surface area (Å²) in [5.74, 6) is -0.150. The van der Waals surface area contributed by atoms with E-state index in [4.69, 9.17) is 4.74 Å². The number of nitrogens with one attached hydrogen (secondary N) is 1. The van der Waals surface area contributed by atoms with E-state index in [1.54, 1.807) is 36.4 Å². The van der Waals surface area contributed by atoms with Gasteiger partial charge in [-0.25, -0.2) is 19.2 Å². The molecule has 1 aromatic heterocycles. The van der Waals surface area contributed by atoms with Crippen molar-refractivity contribution in [3.8, 4) is 11.1 Å². The molecule has 2 aromatic rings. The first-order chi connectivity index (χ1) is 15.8. The van der Waals surface area contributed by atoms with Crippen LogP contribution in [0.5, 0.6) is 0 Å². The Morgan fingerprint density at radius 2 is 1.85 bits per heavy atom. The van der Waals surface area contributed by atoms with E-state index < -0.39 is 18.0 Å². The van der Waals surface area contributed by atoms with Crippen molar-refractivity contribution in [2.75, 3.05) is 49.1 Å². The average Bonchev–Trinajstić information content (AvgIpc) is 3.18. The predicted molar refractivity (Wildman–Crippen MR) is 118 cm³/mol. The number of benzene rings is 1. The molecule has 10 nitrogen and oxygen atoms in total. The van der Waals surface area contributed by atoms with E-state index in [-0.39, 0.29) is 24.9 Å². The maximum atomic E-state index is 14.9. The van der Waals surface area contributed by atoms with Gasteiger partial charge in [-0.05, 0) is 18.2 Å². The van der Waals surface area contributed by atoms with Gasteiger partial charge in [-0.2, -0.15) is 0 Å². The molecule has 0 bridgehead atoms. The Hall–Kier alpha value is -3.76. The number of anilines is 2. The van der Waals surface area contributed by atoms with E-state index in [1.165, 1.54) is 17.9 Å². The van der Waals surface area contributed by atoms with E-state index in [0.29, 0.717) is 48.9 Å². The summed E-state index contributed by atoms with van der Waals surface area (Å²) in [6.07, 6.45) is 2.04. The number of halogens is 1. The van der Waals surface area contributed by atoms with Crippen LogP contribution in [0.4, 0.5) is 20.8 Å². The van der Waals surface area contributed by atoms with E-state index in [0.717, 1.165) is 0 Å². The van der Waals surface area contributed by atoms with E-state index in [2.05, 4.69) is 15.3 Å². The summed E-state index contributed by atoms with van der Waals surface area (Å²) in [5, 5.41) is 2.61. The first-order valence-electron chi connectivity index (χ1n) is 10.7. The minimum absolute atomic E-state index is 0.0512. The van der Waals surface area contributed by atoms with Gasteiger partial charge >= 0.3 is 6.09 Å². The first-order valence-corrected chi connectivity index (χ1v) is 10.7. The number of carbonyl (C=O) groups is 3. The van der Waals surface area contributed by atoms with Crippen molar-refractivity contribution in [3.63, 3.8) is 0 Å². The molecule has 1 N–H and O–H groups in total. The Balaban J connectivity index is 1.43. The van der Waals surface area contributed by atoms with Crippen molar-refractivity contribution in [3.05, 3.63) is 36.4 Å². The van der Waals surface area contributed by atoms with Crippen LogP contribution < -0.4 is 15.1 Å². The highest BCUT2D eigenvalue weighted by atomic mass is 19.1. The highest BCUT2D eigenvalue weighted by Crippen LogP contribution is 2.29. The third kappa shape index (κ3) is 5.02. The van der Waals surface area contributed by atoms with Gasteiger partial charge in [0.2, 0.25) is 17.8 Å². The molecule has 0 unspecified atom stereocenters. The molecule has 0 spiro atoms. The molecule has 0 radical (unpaired) electrons. The molecule has 174 valence electrons. The van der Waals surface area contributed by atoms with Crippen molar-refractivity contribution in [2.45, 2.75) is 20.0 Å². The molecule has 2 fully saturated rings. The van der Waals surface area contributed by atoms with E-state index in [1.807, 2.05) is 4.90 Å². The number of amides is 3. The van der Waals surface area contributed by atoms with Crippen LogP contribution in [0.3, 0.4) is 0 Å². The lowest BCUT2D eigenvalue weighted by atomic mass is 10.1. The molecule has 4 rings (SSSR count). The van der Waals surface area contributed by atoms with Crippen LogP contribution >= 0.6 is 0 Å². The minimum atomic E-state index is -0.588. The Labute approximate surface area is 190 Å². The Morgan fingerprint density at radius 1 is 1.15 bits per heavy atom. The Bertz CT molecular complexity index is 1060. The van der Waals surface area contributed by atoms with Gasteiger partial charge in [-0.1, -0.05) is 0 Å². The van der Waals surface area contributed by atoms with Crippen LogP contribution in [0.25, 0.3) is 11.1 Å². The monoisotopic (exact) mass is 456 g/mol. The van der Waals surface area contributed by atoms with Crippen LogP contribution in [0, 0.1) is 5.82 Å². The molecule has 1 aromatic carbocycles. The molecule has 1 atom stereocenters. The number of nitrogens with zero attached hydrogens (tertiary/aromatic N) is 5. The van der Waals surface area contributed by atoms with Gasteiger partial charge in [0.05, 0.1) is 18.8 Å². The van der Waals surface area contributed by atoms with Gasteiger partial charge in [-0.3, -0.25) is 14.5 Å². The Kier molecular flexibility index (Phi) is 6.38. The van der Waals surface area contributed by atoms with Gasteiger partial charge in [0.15, 0.2) is 0 Å². The first kappa shape index (κ1) is 22.4. The van der Waals surface area contributed by atoms with Crippen molar-refractivity contribution in [2.24, 2.45) is 0 Å². The summed E-state index contributed by atoms with van der Waals surface area (Å²) in [6, 6.07) is 4.48. The van der Waals surface area contributed by atoms with E-state index in [9.17, 15) is 18.8 Å². The van der Waals surface area contributed by atoms with Gasteiger partial charge in [0.1, 0.15) is 11.9 Å². The third-order valence-electron chi connectivity index (χ3n) is 5.67. The molecular weight excluding hydrogens is 431 g/mol.